The Morgan fingerprint density at radius 3 is 2.14 bits per heavy atom. The second-order valence-electron chi connectivity index (χ2n) is 8.22. The number of methoxy groups -OCH3 is 3. The zero-order valence-electron chi connectivity index (χ0n) is 21.2. The van der Waals surface area contributed by atoms with Gasteiger partial charge in [0.1, 0.15) is 11.5 Å². The standard InChI is InChI=1S/C30H30O6/c1-6-35-29(31)18-25-19(2)24(23-13-12-22(32-3)17-26(23)25)14-20-15-27(33-4)30(28(16-20)34-5)36-21-10-8-7-9-11-21/h7-17H,6,18H2,1-5H3/b24-14-. The van der Waals surface area contributed by atoms with E-state index < -0.39 is 0 Å². The molecular weight excluding hydrogens is 456 g/mol. The van der Waals surface area contributed by atoms with Crippen LogP contribution in [-0.2, 0) is 9.53 Å². The molecular formula is C30H30O6. The first-order chi connectivity index (χ1) is 17.5. The zero-order valence-corrected chi connectivity index (χ0v) is 21.2. The summed E-state index contributed by atoms with van der Waals surface area (Å²) in [5.74, 6) is 2.75. The second kappa shape index (κ2) is 11.0. The van der Waals surface area contributed by atoms with E-state index in [1.54, 1.807) is 21.3 Å². The first kappa shape index (κ1) is 24.9. The molecule has 0 heterocycles. The van der Waals surface area contributed by atoms with E-state index in [9.17, 15) is 4.79 Å². The first-order valence-corrected chi connectivity index (χ1v) is 11.7. The zero-order chi connectivity index (χ0) is 25.7. The van der Waals surface area contributed by atoms with Gasteiger partial charge in [-0.15, -0.1) is 0 Å². The number of ether oxygens (including phenoxy) is 5. The maximum Gasteiger partial charge on any atom is 0.310 e. The van der Waals surface area contributed by atoms with E-state index in [1.807, 2.05) is 74.5 Å². The monoisotopic (exact) mass is 486 g/mol. The van der Waals surface area contributed by atoms with Gasteiger partial charge in [0.05, 0.1) is 34.4 Å². The minimum absolute atomic E-state index is 0.188. The van der Waals surface area contributed by atoms with Gasteiger partial charge in [-0.1, -0.05) is 24.3 Å². The third-order valence-electron chi connectivity index (χ3n) is 6.08. The Hall–Kier alpha value is -4.19. The SMILES string of the molecule is CCOC(=O)CC1=C(C)/C(=C/c2cc(OC)c(Oc3ccccc3)c(OC)c2)c2ccc(OC)cc21. The predicted octanol–water partition coefficient (Wildman–Crippen LogP) is 6.79. The Labute approximate surface area is 211 Å². The third kappa shape index (κ3) is 5.08. The highest BCUT2D eigenvalue weighted by atomic mass is 16.5. The summed E-state index contributed by atoms with van der Waals surface area (Å²) in [6.45, 7) is 4.17. The molecule has 0 N–H and O–H groups in total. The van der Waals surface area contributed by atoms with Crippen molar-refractivity contribution in [2.45, 2.75) is 20.3 Å². The molecule has 0 saturated carbocycles. The van der Waals surface area contributed by atoms with Crippen LogP contribution in [0.2, 0.25) is 0 Å². The second-order valence-corrected chi connectivity index (χ2v) is 8.22. The van der Waals surface area contributed by atoms with Crippen molar-refractivity contribution in [2.24, 2.45) is 0 Å². The smallest absolute Gasteiger partial charge is 0.310 e. The minimum atomic E-state index is -0.257. The fourth-order valence-electron chi connectivity index (χ4n) is 4.33. The molecule has 3 aromatic rings. The Morgan fingerprint density at radius 2 is 1.53 bits per heavy atom. The fraction of sp³-hybridized carbons (Fsp3) is 0.233. The normalized spacial score (nSPS) is 13.4. The number of para-hydroxylation sites is 1. The van der Waals surface area contributed by atoms with Gasteiger partial charge >= 0.3 is 5.97 Å². The molecule has 0 amide bonds. The first-order valence-electron chi connectivity index (χ1n) is 11.7. The van der Waals surface area contributed by atoms with E-state index in [1.165, 1.54) is 0 Å². The van der Waals surface area contributed by atoms with Crippen LogP contribution in [-0.4, -0.2) is 33.9 Å². The molecule has 186 valence electrons. The highest BCUT2D eigenvalue weighted by Gasteiger charge is 2.26. The van der Waals surface area contributed by atoms with Crippen LogP contribution in [0.15, 0.2) is 66.2 Å². The van der Waals surface area contributed by atoms with Crippen LogP contribution < -0.4 is 18.9 Å². The van der Waals surface area contributed by atoms with Gasteiger partial charge < -0.3 is 23.7 Å². The summed E-state index contributed by atoms with van der Waals surface area (Å²) in [5, 5.41) is 0. The molecule has 6 heteroatoms. The summed E-state index contributed by atoms with van der Waals surface area (Å²) >= 11 is 0. The van der Waals surface area contributed by atoms with E-state index in [4.69, 9.17) is 23.7 Å². The number of hydrogen-bond acceptors (Lipinski definition) is 6. The summed E-state index contributed by atoms with van der Waals surface area (Å²) in [7, 11) is 4.83. The summed E-state index contributed by atoms with van der Waals surface area (Å²) in [6.07, 6.45) is 2.25. The lowest BCUT2D eigenvalue weighted by molar-refractivity contribution is -0.141. The van der Waals surface area contributed by atoms with Crippen molar-refractivity contribution in [1.29, 1.82) is 0 Å². The van der Waals surface area contributed by atoms with E-state index >= 15 is 0 Å². The number of hydrogen-bond donors (Lipinski definition) is 0. The number of rotatable bonds is 9. The highest BCUT2D eigenvalue weighted by molar-refractivity contribution is 6.08. The van der Waals surface area contributed by atoms with Crippen molar-refractivity contribution in [1.82, 2.24) is 0 Å². The molecule has 0 aliphatic heterocycles. The number of benzene rings is 3. The molecule has 0 unspecified atom stereocenters. The highest BCUT2D eigenvalue weighted by Crippen LogP contribution is 2.47. The Balaban J connectivity index is 1.80. The van der Waals surface area contributed by atoms with Crippen LogP contribution in [0.25, 0.3) is 17.2 Å². The van der Waals surface area contributed by atoms with Crippen molar-refractivity contribution in [2.75, 3.05) is 27.9 Å². The largest absolute Gasteiger partial charge is 0.497 e. The van der Waals surface area contributed by atoms with Crippen LogP contribution in [0.4, 0.5) is 0 Å². The Bertz CT molecular complexity index is 1300. The van der Waals surface area contributed by atoms with E-state index in [0.29, 0.717) is 29.6 Å². The molecule has 1 aliphatic rings. The lowest BCUT2D eigenvalue weighted by atomic mass is 10.00. The van der Waals surface area contributed by atoms with Crippen molar-refractivity contribution in [3.8, 4) is 28.7 Å². The summed E-state index contributed by atoms with van der Waals surface area (Å²) in [4.78, 5) is 12.4. The molecule has 0 fully saturated rings. The summed E-state index contributed by atoms with van der Waals surface area (Å²) in [5.41, 5.74) is 5.81. The summed E-state index contributed by atoms with van der Waals surface area (Å²) in [6, 6.07) is 19.2. The van der Waals surface area contributed by atoms with Gasteiger partial charge in [0.25, 0.3) is 0 Å². The van der Waals surface area contributed by atoms with Gasteiger partial charge in [0, 0.05) is 0 Å². The molecule has 4 rings (SSSR count). The lowest BCUT2D eigenvalue weighted by Crippen LogP contribution is -2.04. The van der Waals surface area contributed by atoms with E-state index in [-0.39, 0.29) is 12.4 Å². The number of fused-ring (bicyclic) bond motifs is 1. The minimum Gasteiger partial charge on any atom is -0.497 e. The molecule has 0 bridgehead atoms. The van der Waals surface area contributed by atoms with Gasteiger partial charge in [-0.25, -0.2) is 0 Å². The topological polar surface area (TPSA) is 63.2 Å². The Morgan fingerprint density at radius 1 is 0.833 bits per heavy atom. The maximum absolute atomic E-state index is 12.4. The van der Waals surface area contributed by atoms with E-state index in [0.717, 1.165) is 39.2 Å². The Kier molecular flexibility index (Phi) is 7.64. The average molecular weight is 487 g/mol. The lowest BCUT2D eigenvalue weighted by Gasteiger charge is -2.15. The van der Waals surface area contributed by atoms with Crippen LogP contribution in [0.3, 0.4) is 0 Å². The third-order valence-corrected chi connectivity index (χ3v) is 6.08. The molecule has 3 aromatic carbocycles. The fourth-order valence-corrected chi connectivity index (χ4v) is 4.33. The van der Waals surface area contributed by atoms with Crippen LogP contribution in [0, 0.1) is 0 Å². The van der Waals surface area contributed by atoms with Gasteiger partial charge in [0.2, 0.25) is 5.75 Å². The predicted molar refractivity (Wildman–Crippen MR) is 141 cm³/mol. The van der Waals surface area contributed by atoms with Crippen molar-refractivity contribution >= 4 is 23.2 Å². The average Bonchev–Trinajstić information content (AvgIpc) is 3.15. The van der Waals surface area contributed by atoms with Crippen molar-refractivity contribution in [3.63, 3.8) is 0 Å². The molecule has 0 aromatic heterocycles. The molecule has 0 spiro atoms. The van der Waals surface area contributed by atoms with Gasteiger partial charge in [0.15, 0.2) is 11.5 Å². The molecule has 0 atom stereocenters. The quantitative estimate of drug-likeness (QED) is 0.311. The van der Waals surface area contributed by atoms with Crippen LogP contribution in [0.5, 0.6) is 28.7 Å². The molecule has 0 radical (unpaired) electrons. The number of carbonyl (C=O) groups is 1. The van der Waals surface area contributed by atoms with Gasteiger partial charge in [-0.3, -0.25) is 4.79 Å². The van der Waals surface area contributed by atoms with Crippen molar-refractivity contribution < 1.29 is 28.5 Å². The van der Waals surface area contributed by atoms with Gasteiger partial charge in [-0.05, 0) is 89.7 Å². The number of carbonyl (C=O) groups excluding carboxylic acids is 1. The van der Waals surface area contributed by atoms with E-state index in [2.05, 4.69) is 6.08 Å². The molecule has 36 heavy (non-hydrogen) atoms. The summed E-state index contributed by atoms with van der Waals surface area (Å²) < 4.78 is 28.1. The maximum atomic E-state index is 12.4. The van der Waals surface area contributed by atoms with Crippen LogP contribution >= 0.6 is 0 Å². The molecule has 1 aliphatic carbocycles. The van der Waals surface area contributed by atoms with Crippen molar-refractivity contribution in [3.05, 3.63) is 82.9 Å². The molecule has 6 nitrogen and oxygen atoms in total. The number of allylic oxidation sites excluding steroid dienone is 2. The number of esters is 1. The van der Waals surface area contributed by atoms with Gasteiger partial charge in [-0.2, -0.15) is 0 Å². The van der Waals surface area contributed by atoms with Crippen LogP contribution in [0.1, 0.15) is 37.0 Å². The molecule has 0 saturated heterocycles.